The number of carbonyl (C=O) groups excluding carboxylic acids is 2. The molecule has 28 heavy (non-hydrogen) atoms. The SMILES string of the molecule is CC(C)N1C(=O)OCc2cc(OC[C@@H]3CC(=O)C[C@H](C)N3)cc(C(F)(F)F)c21. The van der Waals surface area contributed by atoms with Gasteiger partial charge in [0.2, 0.25) is 0 Å². The van der Waals surface area contributed by atoms with E-state index in [1.807, 2.05) is 6.92 Å². The molecule has 3 rings (SSSR count). The number of Topliss-reactive ketones (excluding diaryl/α,β-unsaturated/α-hetero) is 1. The summed E-state index contributed by atoms with van der Waals surface area (Å²) in [7, 11) is 0. The van der Waals surface area contributed by atoms with Gasteiger partial charge in [-0.05, 0) is 32.9 Å². The van der Waals surface area contributed by atoms with Crippen LogP contribution in [0.15, 0.2) is 12.1 Å². The molecule has 6 nitrogen and oxygen atoms in total. The molecule has 1 aromatic carbocycles. The molecule has 0 radical (unpaired) electrons. The lowest BCUT2D eigenvalue weighted by molar-refractivity contribution is -0.137. The second-order valence-electron chi connectivity index (χ2n) is 7.52. The average molecular weight is 400 g/mol. The Morgan fingerprint density at radius 1 is 1.29 bits per heavy atom. The molecule has 154 valence electrons. The Morgan fingerprint density at radius 2 is 2.00 bits per heavy atom. The summed E-state index contributed by atoms with van der Waals surface area (Å²) in [5, 5.41) is 3.21. The molecule has 0 unspecified atom stereocenters. The predicted molar refractivity (Wildman–Crippen MR) is 95.4 cm³/mol. The van der Waals surface area contributed by atoms with Crippen LogP contribution in [0.25, 0.3) is 0 Å². The first-order chi connectivity index (χ1) is 13.1. The fourth-order valence-corrected chi connectivity index (χ4v) is 3.65. The zero-order chi connectivity index (χ0) is 20.6. The molecular formula is C19H23F3N2O4. The Kier molecular flexibility index (Phi) is 5.56. The third-order valence-corrected chi connectivity index (χ3v) is 4.75. The van der Waals surface area contributed by atoms with Crippen LogP contribution in [0.3, 0.4) is 0 Å². The maximum Gasteiger partial charge on any atom is 0.418 e. The number of ether oxygens (including phenoxy) is 2. The molecule has 1 fully saturated rings. The number of piperidine rings is 1. The van der Waals surface area contributed by atoms with Gasteiger partial charge in [0.15, 0.2) is 0 Å². The first kappa shape index (κ1) is 20.4. The monoisotopic (exact) mass is 400 g/mol. The van der Waals surface area contributed by atoms with Crippen molar-refractivity contribution >= 4 is 17.6 Å². The van der Waals surface area contributed by atoms with Gasteiger partial charge in [0.1, 0.15) is 24.7 Å². The topological polar surface area (TPSA) is 67.9 Å². The zero-order valence-electron chi connectivity index (χ0n) is 15.9. The third-order valence-electron chi connectivity index (χ3n) is 4.75. The Hall–Kier alpha value is -2.29. The standard InChI is InChI=1S/C19H23F3N2O4/c1-10(2)24-17-12(8-28-18(24)26)5-15(7-16(17)19(20,21)22)27-9-13-6-14(25)4-11(3)23-13/h5,7,10-11,13,23H,4,6,8-9H2,1-3H3/t11-,13-/m0/s1. The maximum atomic E-state index is 13.7. The number of amides is 1. The Labute approximate surface area is 161 Å². The summed E-state index contributed by atoms with van der Waals surface area (Å²) in [6.45, 7) is 4.93. The fraction of sp³-hybridized carbons (Fsp3) is 0.579. The number of hydrogen-bond acceptors (Lipinski definition) is 5. The van der Waals surface area contributed by atoms with Crippen molar-refractivity contribution in [3.8, 4) is 5.75 Å². The number of nitrogens with zero attached hydrogens (tertiary/aromatic N) is 1. The minimum atomic E-state index is -4.66. The van der Waals surface area contributed by atoms with Gasteiger partial charge in [0.05, 0.1) is 11.3 Å². The first-order valence-electron chi connectivity index (χ1n) is 9.17. The molecule has 1 N–H and O–H groups in total. The molecule has 0 saturated carbocycles. The Bertz CT molecular complexity index is 779. The van der Waals surface area contributed by atoms with E-state index in [1.165, 1.54) is 6.07 Å². The van der Waals surface area contributed by atoms with Gasteiger partial charge < -0.3 is 14.8 Å². The van der Waals surface area contributed by atoms with Gasteiger partial charge in [-0.2, -0.15) is 13.2 Å². The van der Waals surface area contributed by atoms with Crippen LogP contribution in [-0.2, 0) is 22.3 Å². The molecule has 1 saturated heterocycles. The van der Waals surface area contributed by atoms with Crippen molar-refractivity contribution in [2.75, 3.05) is 11.5 Å². The van der Waals surface area contributed by atoms with Crippen LogP contribution >= 0.6 is 0 Å². The van der Waals surface area contributed by atoms with E-state index in [9.17, 15) is 22.8 Å². The number of benzene rings is 1. The summed E-state index contributed by atoms with van der Waals surface area (Å²) >= 11 is 0. The maximum absolute atomic E-state index is 13.7. The van der Waals surface area contributed by atoms with Crippen LogP contribution in [0, 0.1) is 0 Å². The molecule has 1 aromatic rings. The number of fused-ring (bicyclic) bond motifs is 1. The Morgan fingerprint density at radius 3 is 2.61 bits per heavy atom. The quantitative estimate of drug-likeness (QED) is 0.836. The van der Waals surface area contributed by atoms with E-state index < -0.39 is 23.9 Å². The van der Waals surface area contributed by atoms with Crippen molar-refractivity contribution in [2.24, 2.45) is 0 Å². The second-order valence-corrected chi connectivity index (χ2v) is 7.52. The number of halogens is 3. The zero-order valence-corrected chi connectivity index (χ0v) is 15.9. The van der Waals surface area contributed by atoms with Crippen molar-refractivity contribution in [2.45, 2.75) is 64.5 Å². The highest BCUT2D eigenvalue weighted by Gasteiger charge is 2.41. The summed E-state index contributed by atoms with van der Waals surface area (Å²) in [4.78, 5) is 24.7. The number of nitrogens with one attached hydrogen (secondary N) is 1. The number of alkyl halides is 3. The highest BCUT2D eigenvalue weighted by atomic mass is 19.4. The lowest BCUT2D eigenvalue weighted by Gasteiger charge is -2.34. The van der Waals surface area contributed by atoms with Crippen LogP contribution < -0.4 is 15.0 Å². The van der Waals surface area contributed by atoms with Gasteiger partial charge in [0, 0.05) is 36.5 Å². The summed E-state index contributed by atoms with van der Waals surface area (Å²) in [5.41, 5.74) is -0.892. The summed E-state index contributed by atoms with van der Waals surface area (Å²) < 4.78 is 51.8. The Balaban J connectivity index is 1.90. The number of carbonyl (C=O) groups is 2. The van der Waals surface area contributed by atoms with Crippen LogP contribution in [0.2, 0.25) is 0 Å². The van der Waals surface area contributed by atoms with Crippen LogP contribution in [-0.4, -0.2) is 36.6 Å². The van der Waals surface area contributed by atoms with E-state index in [-0.39, 0.29) is 54.5 Å². The normalized spacial score (nSPS) is 22.9. The van der Waals surface area contributed by atoms with Gasteiger partial charge >= 0.3 is 12.3 Å². The highest BCUT2D eigenvalue weighted by molar-refractivity contribution is 5.92. The van der Waals surface area contributed by atoms with Crippen molar-refractivity contribution in [1.82, 2.24) is 5.32 Å². The molecule has 2 aliphatic heterocycles. The minimum Gasteiger partial charge on any atom is -0.492 e. The van der Waals surface area contributed by atoms with Gasteiger partial charge in [-0.15, -0.1) is 0 Å². The van der Waals surface area contributed by atoms with E-state index in [1.54, 1.807) is 13.8 Å². The van der Waals surface area contributed by atoms with E-state index in [4.69, 9.17) is 9.47 Å². The number of cyclic esters (lactones) is 1. The minimum absolute atomic E-state index is 0.00290. The first-order valence-corrected chi connectivity index (χ1v) is 9.17. The summed E-state index contributed by atoms with van der Waals surface area (Å²) in [6, 6.07) is 1.61. The smallest absolute Gasteiger partial charge is 0.418 e. The lowest BCUT2D eigenvalue weighted by atomic mass is 9.99. The second kappa shape index (κ2) is 7.62. The molecule has 2 atom stereocenters. The van der Waals surface area contributed by atoms with Crippen LogP contribution in [0.5, 0.6) is 5.75 Å². The molecule has 1 amide bonds. The van der Waals surface area contributed by atoms with Crippen molar-refractivity contribution in [1.29, 1.82) is 0 Å². The fourth-order valence-electron chi connectivity index (χ4n) is 3.65. The van der Waals surface area contributed by atoms with E-state index in [0.29, 0.717) is 6.42 Å². The lowest BCUT2D eigenvalue weighted by Crippen LogP contribution is -2.47. The van der Waals surface area contributed by atoms with E-state index >= 15 is 0 Å². The number of rotatable bonds is 4. The van der Waals surface area contributed by atoms with Crippen LogP contribution in [0.1, 0.15) is 44.7 Å². The van der Waals surface area contributed by atoms with Crippen molar-refractivity contribution in [3.63, 3.8) is 0 Å². The van der Waals surface area contributed by atoms with E-state index in [2.05, 4.69) is 5.32 Å². The van der Waals surface area contributed by atoms with Crippen molar-refractivity contribution < 1.29 is 32.2 Å². The van der Waals surface area contributed by atoms with Crippen molar-refractivity contribution in [3.05, 3.63) is 23.3 Å². The number of anilines is 1. The predicted octanol–water partition coefficient (Wildman–Crippen LogP) is 3.66. The molecule has 0 bridgehead atoms. The molecule has 0 aromatic heterocycles. The van der Waals surface area contributed by atoms with Crippen LogP contribution in [0.4, 0.5) is 23.7 Å². The van der Waals surface area contributed by atoms with Gasteiger partial charge in [-0.3, -0.25) is 9.69 Å². The molecule has 2 aliphatic rings. The van der Waals surface area contributed by atoms with Gasteiger partial charge in [0.25, 0.3) is 0 Å². The highest BCUT2D eigenvalue weighted by Crippen LogP contribution is 2.44. The average Bonchev–Trinajstić information content (AvgIpc) is 2.57. The molecule has 0 spiro atoms. The molecular weight excluding hydrogens is 377 g/mol. The largest absolute Gasteiger partial charge is 0.492 e. The van der Waals surface area contributed by atoms with E-state index in [0.717, 1.165) is 11.0 Å². The molecule has 9 heteroatoms. The van der Waals surface area contributed by atoms with Gasteiger partial charge in [-0.1, -0.05) is 0 Å². The third kappa shape index (κ3) is 4.24. The summed E-state index contributed by atoms with van der Waals surface area (Å²) in [5.74, 6) is 0.126. The van der Waals surface area contributed by atoms with Gasteiger partial charge in [-0.25, -0.2) is 4.79 Å². The number of ketones is 1. The molecule has 0 aliphatic carbocycles. The summed E-state index contributed by atoms with van der Waals surface area (Å²) in [6.07, 6.45) is -4.76. The number of hydrogen-bond donors (Lipinski definition) is 1. The molecule has 2 heterocycles.